The second-order valence-corrected chi connectivity index (χ2v) is 12.3. The lowest BCUT2D eigenvalue weighted by Crippen LogP contribution is -2.64. The SMILES string of the molecule is CC(=O)O[C@H]1CC[C@]23COC(CC4C2CC[C@@]2(C)C4CCC24OCCO4)[C@@]3(Br)C1. The average molecular weight is 469 g/mol. The molecule has 2 saturated heterocycles. The molecular formula is C23H33BrO5. The molecule has 4 aliphatic carbocycles. The average Bonchev–Trinajstić information content (AvgIpc) is 3.30. The summed E-state index contributed by atoms with van der Waals surface area (Å²) in [6.07, 6.45) is 8.96. The molecular weight excluding hydrogens is 436 g/mol. The minimum Gasteiger partial charge on any atom is -0.463 e. The number of esters is 1. The molecule has 29 heavy (non-hydrogen) atoms. The highest BCUT2D eigenvalue weighted by Crippen LogP contribution is 2.74. The second-order valence-electron chi connectivity index (χ2n) is 10.8. The highest BCUT2D eigenvalue weighted by Gasteiger charge is 2.74. The number of fused-ring (bicyclic) bond motifs is 4. The van der Waals surface area contributed by atoms with E-state index in [0.717, 1.165) is 51.9 Å². The van der Waals surface area contributed by atoms with Crippen LogP contribution >= 0.6 is 15.9 Å². The van der Waals surface area contributed by atoms with Crippen LogP contribution in [-0.4, -0.2) is 48.1 Å². The first-order valence-electron chi connectivity index (χ1n) is 11.6. The number of hydrogen-bond acceptors (Lipinski definition) is 5. The maximum absolute atomic E-state index is 11.6. The first kappa shape index (κ1) is 19.5. The third-order valence-corrected chi connectivity index (χ3v) is 11.7. The lowest BCUT2D eigenvalue weighted by molar-refractivity contribution is -0.245. The Hall–Kier alpha value is -0.170. The third kappa shape index (κ3) is 2.30. The van der Waals surface area contributed by atoms with Crippen LogP contribution in [0.4, 0.5) is 0 Å². The maximum atomic E-state index is 11.6. The standard InChI is InChI=1S/C23H33BrO5/c1-14(25)29-15-3-7-21-13-26-19(22(21,24)12-15)11-16-17-5-8-23(27-9-10-28-23)20(17,2)6-4-18(16)21/h15-19H,3-13H2,1-2H3/t15-,16?,17?,18?,19?,20-,21-,22-/m0/s1. The molecule has 8 atom stereocenters. The van der Waals surface area contributed by atoms with Gasteiger partial charge in [-0.3, -0.25) is 4.79 Å². The van der Waals surface area contributed by atoms with E-state index in [9.17, 15) is 4.79 Å². The minimum atomic E-state index is -0.337. The molecule has 2 heterocycles. The van der Waals surface area contributed by atoms with Crippen molar-refractivity contribution in [2.45, 2.75) is 87.5 Å². The molecule has 2 aliphatic heterocycles. The molecule has 0 N–H and O–H groups in total. The van der Waals surface area contributed by atoms with E-state index in [1.165, 1.54) is 26.2 Å². The maximum Gasteiger partial charge on any atom is 0.302 e. The van der Waals surface area contributed by atoms with Crippen LogP contribution in [0.3, 0.4) is 0 Å². The molecule has 0 aromatic heterocycles. The number of rotatable bonds is 1. The van der Waals surface area contributed by atoms with Crippen LogP contribution in [-0.2, 0) is 23.7 Å². The summed E-state index contributed by atoms with van der Waals surface area (Å²) in [6.45, 7) is 6.32. The summed E-state index contributed by atoms with van der Waals surface area (Å²) >= 11 is 4.23. The molecule has 0 amide bonds. The first-order valence-corrected chi connectivity index (χ1v) is 12.4. The van der Waals surface area contributed by atoms with Crippen LogP contribution in [0.5, 0.6) is 0 Å². The molecule has 162 valence electrons. The molecule has 0 radical (unpaired) electrons. The normalized spacial score (nSPS) is 54.7. The molecule has 1 spiro atoms. The van der Waals surface area contributed by atoms with Gasteiger partial charge in [-0.1, -0.05) is 22.9 Å². The summed E-state index contributed by atoms with van der Waals surface area (Å²) in [6, 6.07) is 0. The number of ether oxygens (including phenoxy) is 4. The molecule has 6 fully saturated rings. The van der Waals surface area contributed by atoms with Crippen LogP contribution in [0.25, 0.3) is 0 Å². The summed E-state index contributed by atoms with van der Waals surface area (Å²) < 4.78 is 24.7. The van der Waals surface area contributed by atoms with Crippen molar-refractivity contribution < 1.29 is 23.7 Å². The summed E-state index contributed by atoms with van der Waals surface area (Å²) in [5.74, 6) is 1.52. The van der Waals surface area contributed by atoms with Crippen molar-refractivity contribution >= 4 is 21.9 Å². The van der Waals surface area contributed by atoms with Gasteiger partial charge in [-0.25, -0.2) is 0 Å². The predicted octanol–water partition coefficient (Wildman–Crippen LogP) is 4.21. The van der Waals surface area contributed by atoms with Crippen LogP contribution in [0.2, 0.25) is 0 Å². The van der Waals surface area contributed by atoms with Crippen molar-refractivity contribution in [1.82, 2.24) is 0 Å². The van der Waals surface area contributed by atoms with Gasteiger partial charge in [-0.05, 0) is 56.3 Å². The smallest absolute Gasteiger partial charge is 0.302 e. The zero-order valence-electron chi connectivity index (χ0n) is 17.6. The Bertz CT molecular complexity index is 722. The number of halogens is 1. The van der Waals surface area contributed by atoms with E-state index in [1.54, 1.807) is 0 Å². The molecule has 6 heteroatoms. The largest absolute Gasteiger partial charge is 0.463 e. The van der Waals surface area contributed by atoms with Crippen LogP contribution in [0, 0.1) is 28.6 Å². The van der Waals surface area contributed by atoms with E-state index in [2.05, 4.69) is 22.9 Å². The van der Waals surface area contributed by atoms with Crippen molar-refractivity contribution in [3.05, 3.63) is 0 Å². The monoisotopic (exact) mass is 468 g/mol. The zero-order chi connectivity index (χ0) is 20.1. The summed E-state index contributed by atoms with van der Waals surface area (Å²) in [7, 11) is 0. The van der Waals surface area contributed by atoms with Crippen molar-refractivity contribution in [2.75, 3.05) is 19.8 Å². The molecule has 0 aromatic rings. The van der Waals surface area contributed by atoms with E-state index in [4.69, 9.17) is 18.9 Å². The number of hydrogen-bond donors (Lipinski definition) is 0. The highest BCUT2D eigenvalue weighted by molar-refractivity contribution is 9.10. The van der Waals surface area contributed by atoms with Crippen molar-refractivity contribution in [2.24, 2.45) is 28.6 Å². The third-order valence-electron chi connectivity index (χ3n) is 10.1. The van der Waals surface area contributed by atoms with Gasteiger partial charge < -0.3 is 18.9 Å². The Labute approximate surface area is 181 Å². The lowest BCUT2D eigenvalue weighted by Gasteiger charge is -2.63. The number of carbonyl (C=O) groups is 1. The fraction of sp³-hybridized carbons (Fsp3) is 0.957. The fourth-order valence-electron chi connectivity index (χ4n) is 8.91. The zero-order valence-corrected chi connectivity index (χ0v) is 19.2. The molecule has 4 unspecified atom stereocenters. The quantitative estimate of drug-likeness (QED) is 0.426. The summed E-state index contributed by atoms with van der Waals surface area (Å²) in [5, 5.41) is 0. The topological polar surface area (TPSA) is 54.0 Å². The molecule has 2 bridgehead atoms. The number of carbonyl (C=O) groups excluding carboxylic acids is 1. The van der Waals surface area contributed by atoms with Gasteiger partial charge in [-0.15, -0.1) is 0 Å². The van der Waals surface area contributed by atoms with Crippen molar-refractivity contribution in [3.8, 4) is 0 Å². The van der Waals surface area contributed by atoms with Crippen LogP contribution < -0.4 is 0 Å². The van der Waals surface area contributed by atoms with E-state index in [0.29, 0.717) is 17.8 Å². The Morgan fingerprint density at radius 3 is 2.59 bits per heavy atom. The Kier molecular flexibility index (Phi) is 4.17. The van der Waals surface area contributed by atoms with Gasteiger partial charge in [0.1, 0.15) is 6.10 Å². The van der Waals surface area contributed by atoms with E-state index < -0.39 is 0 Å². The van der Waals surface area contributed by atoms with Gasteiger partial charge >= 0.3 is 5.97 Å². The Balaban J connectivity index is 1.32. The van der Waals surface area contributed by atoms with Gasteiger partial charge in [0.15, 0.2) is 5.79 Å². The summed E-state index contributed by atoms with van der Waals surface area (Å²) in [5.41, 5.74) is 0.299. The van der Waals surface area contributed by atoms with E-state index in [-0.39, 0.29) is 39.1 Å². The number of alkyl halides is 1. The van der Waals surface area contributed by atoms with E-state index in [1.807, 2.05) is 0 Å². The predicted molar refractivity (Wildman–Crippen MR) is 110 cm³/mol. The van der Waals surface area contributed by atoms with E-state index >= 15 is 0 Å². The molecule has 4 saturated carbocycles. The minimum absolute atomic E-state index is 0.0182. The first-order chi connectivity index (χ1) is 13.8. The highest BCUT2D eigenvalue weighted by atomic mass is 79.9. The van der Waals surface area contributed by atoms with Gasteiger partial charge in [0, 0.05) is 30.6 Å². The Morgan fingerprint density at radius 1 is 1.07 bits per heavy atom. The van der Waals surface area contributed by atoms with Gasteiger partial charge in [-0.2, -0.15) is 0 Å². The van der Waals surface area contributed by atoms with Gasteiger partial charge in [0.25, 0.3) is 0 Å². The van der Waals surface area contributed by atoms with Crippen molar-refractivity contribution in [1.29, 1.82) is 0 Å². The fourth-order valence-corrected chi connectivity index (χ4v) is 10.2. The summed E-state index contributed by atoms with van der Waals surface area (Å²) in [4.78, 5) is 11.6. The van der Waals surface area contributed by atoms with Gasteiger partial charge in [0.05, 0.1) is 30.2 Å². The molecule has 6 aliphatic rings. The van der Waals surface area contributed by atoms with Crippen LogP contribution in [0.15, 0.2) is 0 Å². The molecule has 6 rings (SSSR count). The second kappa shape index (κ2) is 6.20. The van der Waals surface area contributed by atoms with Gasteiger partial charge in [0.2, 0.25) is 0 Å². The van der Waals surface area contributed by atoms with Crippen molar-refractivity contribution in [3.63, 3.8) is 0 Å². The van der Waals surface area contributed by atoms with Crippen LogP contribution in [0.1, 0.15) is 65.2 Å². The lowest BCUT2D eigenvalue weighted by atomic mass is 9.44. The Morgan fingerprint density at radius 2 is 1.83 bits per heavy atom. The molecule has 5 nitrogen and oxygen atoms in total. The molecule has 0 aromatic carbocycles.